The Labute approximate surface area is 90.1 Å². The molecule has 1 aliphatic rings. The van der Waals surface area contributed by atoms with E-state index in [9.17, 15) is 8.42 Å². The van der Waals surface area contributed by atoms with Crippen molar-refractivity contribution in [2.24, 2.45) is 0 Å². The second-order valence-corrected chi connectivity index (χ2v) is 6.08. The average Bonchev–Trinajstić information content (AvgIpc) is 2.61. The smallest absolute Gasteiger partial charge is 0.201 e. The molecule has 6 nitrogen and oxygen atoms in total. The van der Waals surface area contributed by atoms with E-state index in [-0.39, 0.29) is 6.54 Å². The number of rotatable bonds is 2. The summed E-state index contributed by atoms with van der Waals surface area (Å²) in [6, 6.07) is 0. The van der Waals surface area contributed by atoms with Gasteiger partial charge in [0, 0.05) is 13.1 Å². The van der Waals surface area contributed by atoms with Gasteiger partial charge in [0.05, 0.1) is 6.54 Å². The van der Waals surface area contributed by atoms with Gasteiger partial charge in [0.2, 0.25) is 4.47 Å². The number of nitrogens with zero attached hydrogens (tertiary/aromatic N) is 3. The van der Waals surface area contributed by atoms with Crippen molar-refractivity contribution in [1.29, 1.82) is 0 Å². The number of hydrogen-bond donors (Lipinski definition) is 1. The lowest BCUT2D eigenvalue weighted by Gasteiger charge is -2.09. The van der Waals surface area contributed by atoms with Crippen LogP contribution in [0.1, 0.15) is 5.01 Å². The average molecular weight is 255 g/mol. The molecule has 0 atom stereocenters. The standard InChI is InChI=1S/C5H7ClN4O2S2/c6-5-9-8-4(13-5)3-10-2-1-7-14(10,11)12/h7H,1-3H2. The number of halogens is 1. The highest BCUT2D eigenvalue weighted by Crippen LogP contribution is 2.18. The maximum Gasteiger partial charge on any atom is 0.279 e. The van der Waals surface area contributed by atoms with Crippen molar-refractivity contribution < 1.29 is 8.42 Å². The van der Waals surface area contributed by atoms with E-state index < -0.39 is 10.2 Å². The molecule has 1 aliphatic heterocycles. The summed E-state index contributed by atoms with van der Waals surface area (Å²) in [4.78, 5) is 0. The first-order valence-corrected chi connectivity index (χ1v) is 6.44. The van der Waals surface area contributed by atoms with E-state index >= 15 is 0 Å². The number of hydrogen-bond acceptors (Lipinski definition) is 5. The fourth-order valence-electron chi connectivity index (χ4n) is 1.12. The van der Waals surface area contributed by atoms with E-state index in [0.717, 1.165) is 0 Å². The van der Waals surface area contributed by atoms with Crippen LogP contribution in [0, 0.1) is 0 Å². The second-order valence-electron chi connectivity index (χ2n) is 2.68. The van der Waals surface area contributed by atoms with Crippen molar-refractivity contribution >= 4 is 33.1 Å². The van der Waals surface area contributed by atoms with Gasteiger partial charge in [-0.3, -0.25) is 0 Å². The molecule has 1 fully saturated rings. The van der Waals surface area contributed by atoms with E-state index in [2.05, 4.69) is 14.9 Å². The van der Waals surface area contributed by atoms with Gasteiger partial charge in [-0.25, -0.2) is 4.72 Å². The highest BCUT2D eigenvalue weighted by molar-refractivity contribution is 7.87. The molecule has 14 heavy (non-hydrogen) atoms. The van der Waals surface area contributed by atoms with Crippen molar-refractivity contribution in [3.05, 3.63) is 9.47 Å². The molecule has 0 saturated carbocycles. The van der Waals surface area contributed by atoms with Gasteiger partial charge in [-0.05, 0) is 11.6 Å². The molecular weight excluding hydrogens is 248 g/mol. The van der Waals surface area contributed by atoms with E-state index in [1.165, 1.54) is 15.6 Å². The van der Waals surface area contributed by atoms with Crippen molar-refractivity contribution in [1.82, 2.24) is 19.2 Å². The fraction of sp³-hybridized carbons (Fsp3) is 0.600. The van der Waals surface area contributed by atoms with Crippen molar-refractivity contribution in [3.8, 4) is 0 Å². The molecule has 1 aromatic rings. The van der Waals surface area contributed by atoms with Crippen LogP contribution in [0.2, 0.25) is 4.47 Å². The summed E-state index contributed by atoms with van der Waals surface area (Å²) < 4.78 is 26.7. The van der Waals surface area contributed by atoms with Gasteiger partial charge in [-0.2, -0.15) is 12.7 Å². The van der Waals surface area contributed by atoms with Crippen molar-refractivity contribution in [2.45, 2.75) is 6.54 Å². The molecule has 78 valence electrons. The highest BCUT2D eigenvalue weighted by Gasteiger charge is 2.28. The van der Waals surface area contributed by atoms with Gasteiger partial charge < -0.3 is 0 Å². The molecule has 0 unspecified atom stereocenters. The zero-order chi connectivity index (χ0) is 10.2. The monoisotopic (exact) mass is 254 g/mol. The third-order valence-corrected chi connectivity index (χ3v) is 4.30. The summed E-state index contributed by atoms with van der Waals surface area (Å²) >= 11 is 6.76. The minimum Gasteiger partial charge on any atom is -0.201 e. The van der Waals surface area contributed by atoms with E-state index in [1.54, 1.807) is 0 Å². The first-order valence-electron chi connectivity index (χ1n) is 3.80. The van der Waals surface area contributed by atoms with Crippen molar-refractivity contribution in [3.63, 3.8) is 0 Å². The number of nitrogens with one attached hydrogen (secondary N) is 1. The molecule has 2 rings (SSSR count). The van der Waals surface area contributed by atoms with Crippen LogP contribution in [-0.4, -0.2) is 36.0 Å². The molecule has 0 spiro atoms. The zero-order valence-electron chi connectivity index (χ0n) is 6.97. The molecular formula is C5H7ClN4O2S2. The van der Waals surface area contributed by atoms with Crippen LogP contribution in [0.3, 0.4) is 0 Å². The van der Waals surface area contributed by atoms with E-state index in [1.807, 2.05) is 0 Å². The molecule has 0 aromatic carbocycles. The predicted molar refractivity (Wildman–Crippen MR) is 52.3 cm³/mol. The normalized spacial score (nSPS) is 21.5. The Morgan fingerprint density at radius 2 is 2.36 bits per heavy atom. The van der Waals surface area contributed by atoms with Crippen molar-refractivity contribution in [2.75, 3.05) is 13.1 Å². The SMILES string of the molecule is O=S1(=O)NCCN1Cc1nnc(Cl)s1. The predicted octanol–water partition coefficient (Wildman–Crippen LogP) is -0.159. The summed E-state index contributed by atoms with van der Waals surface area (Å²) in [7, 11) is -3.30. The lowest BCUT2D eigenvalue weighted by atomic mass is 10.6. The minimum absolute atomic E-state index is 0.236. The first kappa shape index (κ1) is 10.2. The molecule has 0 radical (unpaired) electrons. The van der Waals surface area contributed by atoms with Crippen LogP contribution in [0.5, 0.6) is 0 Å². The summed E-state index contributed by atoms with van der Waals surface area (Å²) in [6.45, 7) is 1.13. The Morgan fingerprint density at radius 3 is 2.86 bits per heavy atom. The topological polar surface area (TPSA) is 75.2 Å². The molecule has 9 heteroatoms. The quantitative estimate of drug-likeness (QED) is 0.796. The fourth-order valence-corrected chi connectivity index (χ4v) is 3.24. The minimum atomic E-state index is -3.30. The Balaban J connectivity index is 2.12. The van der Waals surface area contributed by atoms with Crippen LogP contribution in [-0.2, 0) is 16.8 Å². The maximum absolute atomic E-state index is 11.3. The van der Waals surface area contributed by atoms with Crippen LogP contribution in [0.25, 0.3) is 0 Å². The Morgan fingerprint density at radius 1 is 1.57 bits per heavy atom. The van der Waals surface area contributed by atoms with Crippen LogP contribution in [0.4, 0.5) is 0 Å². The molecule has 0 aliphatic carbocycles. The van der Waals surface area contributed by atoms with Gasteiger partial charge in [0.25, 0.3) is 10.2 Å². The molecule has 0 amide bonds. The van der Waals surface area contributed by atoms with Gasteiger partial charge >= 0.3 is 0 Å². The third kappa shape index (κ3) is 2.04. The Bertz CT molecular complexity index is 431. The van der Waals surface area contributed by atoms with Gasteiger partial charge in [-0.1, -0.05) is 11.3 Å². The van der Waals surface area contributed by atoms with Crippen LogP contribution >= 0.6 is 22.9 Å². The largest absolute Gasteiger partial charge is 0.279 e. The van der Waals surface area contributed by atoms with E-state index in [4.69, 9.17) is 11.6 Å². The number of aromatic nitrogens is 2. The molecule has 1 saturated heterocycles. The lowest BCUT2D eigenvalue weighted by Crippen LogP contribution is -2.28. The molecule has 1 aromatic heterocycles. The van der Waals surface area contributed by atoms with Crippen LogP contribution < -0.4 is 4.72 Å². The third-order valence-electron chi connectivity index (χ3n) is 1.74. The molecule has 2 heterocycles. The second kappa shape index (κ2) is 3.70. The first-order chi connectivity index (χ1) is 6.58. The van der Waals surface area contributed by atoms with Gasteiger partial charge in [-0.15, -0.1) is 10.2 Å². The van der Waals surface area contributed by atoms with Crippen LogP contribution in [0.15, 0.2) is 0 Å². The highest BCUT2D eigenvalue weighted by atomic mass is 35.5. The van der Waals surface area contributed by atoms with E-state index in [0.29, 0.717) is 22.6 Å². The summed E-state index contributed by atoms with van der Waals surface area (Å²) in [6.07, 6.45) is 0. The lowest BCUT2D eigenvalue weighted by molar-refractivity contribution is 0.444. The summed E-state index contributed by atoms with van der Waals surface area (Å²) in [5.74, 6) is 0. The summed E-state index contributed by atoms with van der Waals surface area (Å²) in [5, 5.41) is 7.95. The molecule has 1 N–H and O–H groups in total. The van der Waals surface area contributed by atoms with Gasteiger partial charge in [0.1, 0.15) is 5.01 Å². The molecule has 0 bridgehead atoms. The zero-order valence-corrected chi connectivity index (χ0v) is 9.36. The van der Waals surface area contributed by atoms with Gasteiger partial charge in [0.15, 0.2) is 0 Å². The summed E-state index contributed by atoms with van der Waals surface area (Å²) in [5.41, 5.74) is 0. The Hall–Kier alpha value is -0.280. The maximum atomic E-state index is 11.3. The Kier molecular flexibility index (Phi) is 2.71.